The van der Waals surface area contributed by atoms with Crippen molar-refractivity contribution in [2.45, 2.75) is 13.3 Å². The highest BCUT2D eigenvalue weighted by atomic mass is 79.9. The zero-order valence-corrected chi connectivity index (χ0v) is 8.31. The van der Waals surface area contributed by atoms with Crippen LogP contribution in [0, 0.1) is 6.92 Å². The molecule has 2 nitrogen and oxygen atoms in total. The number of nitrogens with zero attached hydrogens (tertiary/aromatic N) is 1. The first-order valence-electron chi connectivity index (χ1n) is 3.46. The molecule has 13 heavy (non-hydrogen) atoms. The SMILES string of the molecule is Cc1ncc(C(F)F)c(Br)c1C=O. The van der Waals surface area contributed by atoms with Gasteiger partial charge < -0.3 is 0 Å². The van der Waals surface area contributed by atoms with Gasteiger partial charge in [0.05, 0.1) is 11.1 Å². The van der Waals surface area contributed by atoms with Gasteiger partial charge in [0.15, 0.2) is 6.29 Å². The van der Waals surface area contributed by atoms with Gasteiger partial charge in [0, 0.05) is 16.4 Å². The van der Waals surface area contributed by atoms with Crippen LogP contribution >= 0.6 is 15.9 Å². The predicted octanol–water partition coefficient (Wildman–Crippen LogP) is 2.90. The molecule has 0 aliphatic rings. The van der Waals surface area contributed by atoms with E-state index in [1.165, 1.54) is 0 Å². The number of aromatic nitrogens is 1. The number of rotatable bonds is 2. The van der Waals surface area contributed by atoms with Crippen molar-refractivity contribution in [1.29, 1.82) is 0 Å². The van der Waals surface area contributed by atoms with E-state index in [0.29, 0.717) is 12.0 Å². The highest BCUT2D eigenvalue weighted by Gasteiger charge is 2.16. The Kier molecular flexibility index (Phi) is 3.08. The molecule has 1 heterocycles. The average molecular weight is 250 g/mol. The molecule has 0 saturated heterocycles. The second kappa shape index (κ2) is 3.91. The van der Waals surface area contributed by atoms with Gasteiger partial charge in [0.2, 0.25) is 0 Å². The molecule has 0 amide bonds. The average Bonchev–Trinajstić information content (AvgIpc) is 2.04. The fourth-order valence-corrected chi connectivity index (χ4v) is 1.55. The molecular formula is C8H6BrF2NO. The molecule has 0 aliphatic carbocycles. The van der Waals surface area contributed by atoms with Crippen molar-refractivity contribution in [3.8, 4) is 0 Å². The smallest absolute Gasteiger partial charge is 0.266 e. The van der Waals surface area contributed by atoms with E-state index in [-0.39, 0.29) is 15.6 Å². The van der Waals surface area contributed by atoms with Gasteiger partial charge in [-0.2, -0.15) is 0 Å². The fourth-order valence-electron chi connectivity index (χ4n) is 0.896. The first-order valence-corrected chi connectivity index (χ1v) is 4.25. The maximum atomic E-state index is 12.3. The Morgan fingerprint density at radius 3 is 2.69 bits per heavy atom. The minimum absolute atomic E-state index is 0.130. The Hall–Kier alpha value is -0.840. The Morgan fingerprint density at radius 2 is 2.23 bits per heavy atom. The Labute approximate surface area is 82.1 Å². The van der Waals surface area contributed by atoms with E-state index in [1.807, 2.05) is 0 Å². The second-order valence-electron chi connectivity index (χ2n) is 2.45. The summed E-state index contributed by atoms with van der Waals surface area (Å²) in [6.07, 6.45) is -1.05. The lowest BCUT2D eigenvalue weighted by atomic mass is 10.1. The summed E-state index contributed by atoms with van der Waals surface area (Å²) in [5.74, 6) is 0. The summed E-state index contributed by atoms with van der Waals surface area (Å²) in [4.78, 5) is 14.2. The number of aryl methyl sites for hydroxylation is 1. The number of carbonyl (C=O) groups excluding carboxylic acids is 1. The molecule has 0 aromatic carbocycles. The molecule has 0 N–H and O–H groups in total. The molecular weight excluding hydrogens is 244 g/mol. The molecule has 1 aromatic rings. The van der Waals surface area contributed by atoms with Gasteiger partial charge >= 0.3 is 0 Å². The third-order valence-corrected chi connectivity index (χ3v) is 2.51. The topological polar surface area (TPSA) is 30.0 Å². The van der Waals surface area contributed by atoms with Crippen molar-refractivity contribution < 1.29 is 13.6 Å². The van der Waals surface area contributed by atoms with Crippen molar-refractivity contribution >= 4 is 22.2 Å². The highest BCUT2D eigenvalue weighted by Crippen LogP contribution is 2.29. The predicted molar refractivity (Wildman–Crippen MR) is 47.0 cm³/mol. The van der Waals surface area contributed by atoms with Crippen LogP contribution in [-0.2, 0) is 0 Å². The summed E-state index contributed by atoms with van der Waals surface area (Å²) in [7, 11) is 0. The largest absolute Gasteiger partial charge is 0.298 e. The molecule has 0 spiro atoms. The first kappa shape index (κ1) is 10.2. The minimum Gasteiger partial charge on any atom is -0.298 e. The van der Waals surface area contributed by atoms with E-state index < -0.39 is 6.43 Å². The van der Waals surface area contributed by atoms with Gasteiger partial charge in [-0.25, -0.2) is 8.78 Å². The third kappa shape index (κ3) is 1.91. The van der Waals surface area contributed by atoms with Crippen molar-refractivity contribution in [2.24, 2.45) is 0 Å². The monoisotopic (exact) mass is 249 g/mol. The van der Waals surface area contributed by atoms with E-state index >= 15 is 0 Å². The van der Waals surface area contributed by atoms with Crippen LogP contribution in [0.15, 0.2) is 10.7 Å². The van der Waals surface area contributed by atoms with Crippen LogP contribution in [0.25, 0.3) is 0 Å². The number of aldehydes is 1. The number of hydrogen-bond donors (Lipinski definition) is 0. The number of carbonyl (C=O) groups is 1. The summed E-state index contributed by atoms with van der Waals surface area (Å²) < 4.78 is 24.7. The summed E-state index contributed by atoms with van der Waals surface area (Å²) in [6, 6.07) is 0. The van der Waals surface area contributed by atoms with Crippen LogP contribution in [0.3, 0.4) is 0 Å². The summed E-state index contributed by atoms with van der Waals surface area (Å²) in [5.41, 5.74) is 0.358. The van der Waals surface area contributed by atoms with E-state index in [9.17, 15) is 13.6 Å². The van der Waals surface area contributed by atoms with Crippen LogP contribution in [-0.4, -0.2) is 11.3 Å². The molecule has 0 atom stereocenters. The lowest BCUT2D eigenvalue weighted by molar-refractivity contribution is 0.112. The third-order valence-electron chi connectivity index (χ3n) is 1.63. The van der Waals surface area contributed by atoms with Gasteiger partial charge in [-0.1, -0.05) is 0 Å². The first-order chi connectivity index (χ1) is 6.07. The molecule has 0 fully saturated rings. The van der Waals surface area contributed by atoms with E-state index in [4.69, 9.17) is 0 Å². The lowest BCUT2D eigenvalue weighted by Crippen LogP contribution is -1.98. The molecule has 0 unspecified atom stereocenters. The lowest BCUT2D eigenvalue weighted by Gasteiger charge is -2.06. The maximum Gasteiger partial charge on any atom is 0.266 e. The highest BCUT2D eigenvalue weighted by molar-refractivity contribution is 9.10. The van der Waals surface area contributed by atoms with Crippen LogP contribution in [0.5, 0.6) is 0 Å². The quantitative estimate of drug-likeness (QED) is 0.755. The van der Waals surface area contributed by atoms with Crippen molar-refractivity contribution in [3.05, 3.63) is 27.5 Å². The Morgan fingerprint density at radius 1 is 1.62 bits per heavy atom. The van der Waals surface area contributed by atoms with Crippen LogP contribution in [0.2, 0.25) is 0 Å². The normalized spacial score (nSPS) is 10.5. The van der Waals surface area contributed by atoms with E-state index in [1.54, 1.807) is 6.92 Å². The van der Waals surface area contributed by atoms with Crippen molar-refractivity contribution in [3.63, 3.8) is 0 Å². The molecule has 5 heteroatoms. The zero-order valence-electron chi connectivity index (χ0n) is 6.72. The molecule has 0 aliphatic heterocycles. The number of hydrogen-bond acceptors (Lipinski definition) is 2. The second-order valence-corrected chi connectivity index (χ2v) is 3.24. The number of alkyl halides is 2. The summed E-state index contributed by atoms with van der Waals surface area (Å²) in [6.45, 7) is 1.59. The van der Waals surface area contributed by atoms with Gasteiger partial charge in [0.1, 0.15) is 0 Å². The van der Waals surface area contributed by atoms with Gasteiger partial charge in [-0.05, 0) is 22.9 Å². The fraction of sp³-hybridized carbons (Fsp3) is 0.250. The molecule has 0 saturated carbocycles. The standard InChI is InChI=1S/C8H6BrF2NO/c1-4-6(3-13)7(9)5(2-12-4)8(10)11/h2-3,8H,1H3. The van der Waals surface area contributed by atoms with Gasteiger partial charge in [-0.3, -0.25) is 9.78 Å². The van der Waals surface area contributed by atoms with Crippen LogP contribution in [0.4, 0.5) is 8.78 Å². The van der Waals surface area contributed by atoms with Crippen molar-refractivity contribution in [2.75, 3.05) is 0 Å². The van der Waals surface area contributed by atoms with Gasteiger partial charge in [-0.15, -0.1) is 0 Å². The number of halogens is 3. The number of pyridine rings is 1. The molecule has 1 rings (SSSR count). The summed E-state index contributed by atoms with van der Waals surface area (Å²) in [5, 5.41) is 0. The van der Waals surface area contributed by atoms with Crippen LogP contribution in [0.1, 0.15) is 28.0 Å². The molecule has 70 valence electrons. The minimum atomic E-state index is -2.62. The Balaban J connectivity index is 3.35. The van der Waals surface area contributed by atoms with Crippen LogP contribution < -0.4 is 0 Å². The zero-order chi connectivity index (χ0) is 10.0. The van der Waals surface area contributed by atoms with Gasteiger partial charge in [0.25, 0.3) is 6.43 Å². The molecule has 0 radical (unpaired) electrons. The van der Waals surface area contributed by atoms with Crippen molar-refractivity contribution in [1.82, 2.24) is 4.98 Å². The summed E-state index contributed by atoms with van der Waals surface area (Å²) >= 11 is 2.94. The van der Waals surface area contributed by atoms with E-state index in [0.717, 1.165) is 6.20 Å². The molecule has 0 bridgehead atoms. The molecule has 1 aromatic heterocycles. The van der Waals surface area contributed by atoms with E-state index in [2.05, 4.69) is 20.9 Å². The Bertz CT molecular complexity index is 341. The maximum absolute atomic E-state index is 12.3.